The highest BCUT2D eigenvalue weighted by molar-refractivity contribution is 7.07. The minimum absolute atomic E-state index is 0.183. The highest BCUT2D eigenvalue weighted by atomic mass is 32.1. The van der Waals surface area contributed by atoms with Crippen LogP contribution in [0.4, 0.5) is 4.39 Å². The molecule has 1 heterocycles. The predicted octanol–water partition coefficient (Wildman–Crippen LogP) is 0.819. The van der Waals surface area contributed by atoms with Crippen molar-refractivity contribution in [3.63, 3.8) is 0 Å². The van der Waals surface area contributed by atoms with E-state index >= 15 is 0 Å². The number of aromatic nitrogens is 1. The Morgan fingerprint density at radius 3 is 2.48 bits per heavy atom. The minimum atomic E-state index is -0.572. The summed E-state index contributed by atoms with van der Waals surface area (Å²) in [5.41, 5.74) is 5.28. The van der Waals surface area contributed by atoms with Crippen LogP contribution in [-0.2, 0) is 11.3 Å². The Hall–Kier alpha value is -2.48. The summed E-state index contributed by atoms with van der Waals surface area (Å²) in [4.78, 5) is 34.5. The molecule has 0 radical (unpaired) electrons. The molecule has 0 aliphatic heterocycles. The van der Waals surface area contributed by atoms with Crippen molar-refractivity contribution in [1.29, 1.82) is 0 Å². The van der Waals surface area contributed by atoms with Crippen LogP contribution in [0.5, 0.6) is 0 Å². The summed E-state index contributed by atoms with van der Waals surface area (Å²) in [6.45, 7) is 1.53. The van der Waals surface area contributed by atoms with Crippen LogP contribution >= 0.6 is 11.3 Å². The van der Waals surface area contributed by atoms with Gasteiger partial charge in [-0.25, -0.2) is 4.39 Å². The summed E-state index contributed by atoms with van der Waals surface area (Å²) in [6.07, 6.45) is 0. The monoisotopic (exact) mass is 309 g/mol. The Morgan fingerprint density at radius 2 is 1.90 bits per heavy atom. The predicted molar refractivity (Wildman–Crippen MR) is 75.3 cm³/mol. The lowest BCUT2D eigenvalue weighted by Crippen LogP contribution is -2.44. The number of halogens is 1. The van der Waals surface area contributed by atoms with Gasteiger partial charge >= 0.3 is 4.87 Å². The fourth-order valence-corrected chi connectivity index (χ4v) is 2.31. The van der Waals surface area contributed by atoms with Crippen molar-refractivity contribution < 1.29 is 14.0 Å². The maximum absolute atomic E-state index is 12.7. The van der Waals surface area contributed by atoms with Gasteiger partial charge in [0.15, 0.2) is 0 Å². The Balaban J connectivity index is 1.91. The zero-order valence-electron chi connectivity index (χ0n) is 11.1. The summed E-state index contributed by atoms with van der Waals surface area (Å²) < 4.78 is 14.0. The number of thiazole rings is 1. The molecule has 2 aromatic rings. The van der Waals surface area contributed by atoms with Crippen molar-refractivity contribution in [3.8, 4) is 0 Å². The lowest BCUT2D eigenvalue weighted by molar-refractivity contribution is -0.122. The molecule has 21 heavy (non-hydrogen) atoms. The molecule has 0 aliphatic rings. The third-order valence-electron chi connectivity index (χ3n) is 2.70. The Labute approximate surface area is 123 Å². The minimum Gasteiger partial charge on any atom is -0.294 e. The molecule has 6 nitrogen and oxygen atoms in total. The maximum atomic E-state index is 12.7. The lowest BCUT2D eigenvalue weighted by atomic mass is 10.2. The average molecular weight is 309 g/mol. The Bertz CT molecular complexity index is 721. The zero-order valence-corrected chi connectivity index (χ0v) is 11.9. The average Bonchev–Trinajstić information content (AvgIpc) is 2.77. The third-order valence-corrected chi connectivity index (χ3v) is 3.58. The molecule has 0 spiro atoms. The van der Waals surface area contributed by atoms with E-state index in [1.54, 1.807) is 12.3 Å². The van der Waals surface area contributed by atoms with Crippen LogP contribution in [0.25, 0.3) is 0 Å². The standard InChI is InChI=1S/C13H12FN3O3S/c1-8-7-21-13(20)17(8)6-11(18)15-16-12(19)9-2-4-10(14)5-3-9/h2-5,7H,6H2,1H3,(H,15,18)(H,16,19). The number of aryl methyl sites for hydroxylation is 1. The van der Waals surface area contributed by atoms with E-state index in [2.05, 4.69) is 10.9 Å². The molecule has 2 rings (SSSR count). The number of hydrazine groups is 1. The Morgan fingerprint density at radius 1 is 1.24 bits per heavy atom. The molecule has 2 N–H and O–H groups in total. The number of rotatable bonds is 3. The van der Waals surface area contributed by atoms with Crippen LogP contribution < -0.4 is 15.7 Å². The fourth-order valence-electron chi connectivity index (χ4n) is 1.58. The first kappa shape index (κ1) is 14.9. The van der Waals surface area contributed by atoms with Crippen molar-refractivity contribution in [2.45, 2.75) is 13.5 Å². The highest BCUT2D eigenvalue weighted by Gasteiger charge is 2.10. The van der Waals surface area contributed by atoms with Gasteiger partial charge in [-0.05, 0) is 31.2 Å². The second kappa shape index (κ2) is 6.31. The van der Waals surface area contributed by atoms with E-state index in [0.717, 1.165) is 23.5 Å². The van der Waals surface area contributed by atoms with E-state index in [1.165, 1.54) is 16.7 Å². The van der Waals surface area contributed by atoms with Gasteiger partial charge in [0.1, 0.15) is 12.4 Å². The van der Waals surface area contributed by atoms with Crippen molar-refractivity contribution >= 4 is 23.2 Å². The molecule has 0 bridgehead atoms. The molecule has 0 fully saturated rings. The summed E-state index contributed by atoms with van der Waals surface area (Å²) in [5, 5.41) is 1.65. The van der Waals surface area contributed by atoms with Crippen LogP contribution in [0.15, 0.2) is 34.4 Å². The summed E-state index contributed by atoms with van der Waals surface area (Å²) in [6, 6.07) is 4.88. The quantitative estimate of drug-likeness (QED) is 0.824. The van der Waals surface area contributed by atoms with E-state index in [0.29, 0.717) is 5.69 Å². The van der Waals surface area contributed by atoms with Gasteiger partial charge in [0, 0.05) is 16.6 Å². The van der Waals surface area contributed by atoms with Gasteiger partial charge in [-0.1, -0.05) is 11.3 Å². The number of carbonyl (C=O) groups excluding carboxylic acids is 2. The third kappa shape index (κ3) is 3.76. The molecular formula is C13H12FN3O3S. The van der Waals surface area contributed by atoms with Crippen LogP contribution in [0, 0.1) is 12.7 Å². The normalized spacial score (nSPS) is 10.2. The molecule has 0 saturated carbocycles. The highest BCUT2D eigenvalue weighted by Crippen LogP contribution is 2.02. The van der Waals surface area contributed by atoms with E-state index in [4.69, 9.17) is 0 Å². The van der Waals surface area contributed by atoms with Gasteiger partial charge in [-0.3, -0.25) is 29.8 Å². The van der Waals surface area contributed by atoms with Gasteiger partial charge in [-0.2, -0.15) is 0 Å². The van der Waals surface area contributed by atoms with Gasteiger partial charge in [0.2, 0.25) is 0 Å². The SMILES string of the molecule is Cc1csc(=O)n1CC(=O)NNC(=O)c1ccc(F)cc1. The molecule has 1 aromatic heterocycles. The number of amides is 2. The first-order chi connectivity index (χ1) is 9.97. The molecular weight excluding hydrogens is 297 g/mol. The number of nitrogens with one attached hydrogen (secondary N) is 2. The van der Waals surface area contributed by atoms with E-state index < -0.39 is 17.6 Å². The molecule has 1 aromatic carbocycles. The Kier molecular flexibility index (Phi) is 4.49. The number of hydrogen-bond acceptors (Lipinski definition) is 4. The number of benzene rings is 1. The van der Waals surface area contributed by atoms with Crippen LogP contribution in [0.1, 0.15) is 16.1 Å². The molecule has 0 saturated heterocycles. The first-order valence-electron chi connectivity index (χ1n) is 5.97. The second-order valence-corrected chi connectivity index (χ2v) is 5.06. The smallest absolute Gasteiger partial charge is 0.294 e. The van der Waals surface area contributed by atoms with Crippen molar-refractivity contribution in [3.05, 3.63) is 56.4 Å². The molecule has 0 unspecified atom stereocenters. The summed E-state index contributed by atoms with van der Waals surface area (Å²) in [7, 11) is 0. The van der Waals surface area contributed by atoms with Crippen molar-refractivity contribution in [2.24, 2.45) is 0 Å². The summed E-state index contributed by atoms with van der Waals surface area (Å²) >= 11 is 1.00. The van der Waals surface area contributed by atoms with Gasteiger partial charge in [-0.15, -0.1) is 0 Å². The van der Waals surface area contributed by atoms with Gasteiger partial charge in [0.25, 0.3) is 11.8 Å². The van der Waals surface area contributed by atoms with E-state index in [-0.39, 0.29) is 17.0 Å². The van der Waals surface area contributed by atoms with Crippen LogP contribution in [0.3, 0.4) is 0 Å². The van der Waals surface area contributed by atoms with Gasteiger partial charge in [0.05, 0.1) is 0 Å². The fraction of sp³-hybridized carbons (Fsp3) is 0.154. The van der Waals surface area contributed by atoms with Gasteiger partial charge < -0.3 is 0 Å². The lowest BCUT2D eigenvalue weighted by Gasteiger charge is -2.08. The molecule has 0 atom stereocenters. The molecule has 8 heteroatoms. The number of hydrogen-bond donors (Lipinski definition) is 2. The summed E-state index contributed by atoms with van der Waals surface area (Å²) in [5.74, 6) is -1.56. The number of carbonyl (C=O) groups is 2. The zero-order chi connectivity index (χ0) is 15.4. The first-order valence-corrected chi connectivity index (χ1v) is 6.85. The second-order valence-electron chi connectivity index (χ2n) is 4.24. The van der Waals surface area contributed by atoms with E-state index in [1.807, 2.05) is 0 Å². The van der Waals surface area contributed by atoms with Crippen LogP contribution in [0.2, 0.25) is 0 Å². The largest absolute Gasteiger partial charge is 0.307 e. The molecule has 110 valence electrons. The number of nitrogens with zero attached hydrogens (tertiary/aromatic N) is 1. The topological polar surface area (TPSA) is 80.2 Å². The molecule has 0 aliphatic carbocycles. The van der Waals surface area contributed by atoms with Crippen molar-refractivity contribution in [2.75, 3.05) is 0 Å². The molecule has 2 amide bonds. The van der Waals surface area contributed by atoms with Crippen LogP contribution in [-0.4, -0.2) is 16.4 Å². The van der Waals surface area contributed by atoms with E-state index in [9.17, 15) is 18.8 Å². The maximum Gasteiger partial charge on any atom is 0.307 e. The van der Waals surface area contributed by atoms with Crippen molar-refractivity contribution in [1.82, 2.24) is 15.4 Å².